The van der Waals surface area contributed by atoms with Crippen molar-refractivity contribution in [1.29, 1.82) is 0 Å². The van der Waals surface area contributed by atoms with Gasteiger partial charge in [-0.15, -0.1) is 0 Å². The third kappa shape index (κ3) is 5.01. The Bertz CT molecular complexity index is 1140. The van der Waals surface area contributed by atoms with Gasteiger partial charge >= 0.3 is 10.1 Å². The van der Waals surface area contributed by atoms with Crippen molar-refractivity contribution in [3.63, 3.8) is 0 Å². The van der Waals surface area contributed by atoms with E-state index < -0.39 is 10.1 Å². The maximum absolute atomic E-state index is 12.4. The molecule has 0 bridgehead atoms. The first-order chi connectivity index (χ1) is 13.2. The summed E-state index contributed by atoms with van der Waals surface area (Å²) in [5.74, 6) is 0.193. The Balaban J connectivity index is 1.80. The molecule has 0 aliphatic carbocycles. The standard InChI is InChI=1S/C21H17BrClNO3S/c1-14-3-9-20(15(2)11-14)24-13-16-4-10-21(19(22)12-16)27-28(25,26)18-7-5-17(23)6-8-18/h3-13H,1-2H3. The molecule has 0 N–H and O–H groups in total. The van der Waals surface area contributed by atoms with Gasteiger partial charge < -0.3 is 4.18 Å². The van der Waals surface area contributed by atoms with Crippen LogP contribution in [0.4, 0.5) is 5.69 Å². The number of hydrogen-bond donors (Lipinski definition) is 0. The Kier molecular flexibility index (Phi) is 6.23. The van der Waals surface area contributed by atoms with E-state index in [1.54, 1.807) is 24.4 Å². The molecule has 0 aliphatic rings. The van der Waals surface area contributed by atoms with Gasteiger partial charge in [-0.3, -0.25) is 4.99 Å². The minimum Gasteiger partial charge on any atom is -0.378 e. The van der Waals surface area contributed by atoms with Gasteiger partial charge in [-0.2, -0.15) is 8.42 Å². The van der Waals surface area contributed by atoms with E-state index >= 15 is 0 Å². The molecule has 28 heavy (non-hydrogen) atoms. The normalized spacial score (nSPS) is 11.7. The van der Waals surface area contributed by atoms with Crippen molar-refractivity contribution in [3.05, 3.63) is 86.8 Å². The average molecular weight is 479 g/mol. The number of rotatable bonds is 5. The highest BCUT2D eigenvalue weighted by molar-refractivity contribution is 9.10. The lowest BCUT2D eigenvalue weighted by molar-refractivity contribution is 0.484. The summed E-state index contributed by atoms with van der Waals surface area (Å²) in [6.45, 7) is 4.04. The molecule has 4 nitrogen and oxygen atoms in total. The summed E-state index contributed by atoms with van der Waals surface area (Å²) in [5.41, 5.74) is 3.96. The first kappa shape index (κ1) is 20.6. The van der Waals surface area contributed by atoms with Crippen LogP contribution in [0.15, 0.2) is 75.0 Å². The quantitative estimate of drug-likeness (QED) is 0.322. The fraction of sp³-hybridized carbons (Fsp3) is 0.0952. The number of benzene rings is 3. The fourth-order valence-electron chi connectivity index (χ4n) is 2.53. The van der Waals surface area contributed by atoms with E-state index in [2.05, 4.69) is 27.0 Å². The average Bonchev–Trinajstić information content (AvgIpc) is 2.63. The Morgan fingerprint density at radius 1 is 1.00 bits per heavy atom. The maximum atomic E-state index is 12.4. The van der Waals surface area contributed by atoms with Crippen molar-refractivity contribution in [1.82, 2.24) is 0 Å². The van der Waals surface area contributed by atoms with Crippen molar-refractivity contribution in [2.45, 2.75) is 18.7 Å². The maximum Gasteiger partial charge on any atom is 0.339 e. The summed E-state index contributed by atoms with van der Waals surface area (Å²) >= 11 is 9.16. The van der Waals surface area contributed by atoms with Gasteiger partial charge in [0.15, 0.2) is 5.75 Å². The molecule has 3 rings (SSSR count). The van der Waals surface area contributed by atoms with Gasteiger partial charge in [0.05, 0.1) is 10.2 Å². The lowest BCUT2D eigenvalue weighted by Gasteiger charge is -2.09. The fourth-order valence-corrected chi connectivity index (χ4v) is 4.18. The second kappa shape index (κ2) is 8.47. The third-order valence-corrected chi connectivity index (χ3v) is 6.08. The molecule has 0 saturated heterocycles. The van der Waals surface area contributed by atoms with Crippen molar-refractivity contribution >= 4 is 49.6 Å². The summed E-state index contributed by atoms with van der Waals surface area (Å²) in [5, 5.41) is 0.451. The lowest BCUT2D eigenvalue weighted by Crippen LogP contribution is -2.10. The zero-order valence-electron chi connectivity index (χ0n) is 15.2. The smallest absolute Gasteiger partial charge is 0.339 e. The van der Waals surface area contributed by atoms with Crippen LogP contribution in [-0.2, 0) is 10.1 Å². The number of hydrogen-bond acceptors (Lipinski definition) is 4. The van der Waals surface area contributed by atoms with E-state index in [4.69, 9.17) is 15.8 Å². The van der Waals surface area contributed by atoms with Crippen LogP contribution >= 0.6 is 27.5 Å². The predicted octanol–water partition coefficient (Wildman–Crippen LogP) is 6.24. The monoisotopic (exact) mass is 477 g/mol. The van der Waals surface area contributed by atoms with E-state index in [1.165, 1.54) is 29.8 Å². The molecule has 3 aromatic rings. The highest BCUT2D eigenvalue weighted by atomic mass is 79.9. The second-order valence-electron chi connectivity index (χ2n) is 6.23. The highest BCUT2D eigenvalue weighted by Crippen LogP contribution is 2.29. The zero-order valence-corrected chi connectivity index (χ0v) is 18.3. The molecule has 0 fully saturated rings. The zero-order chi connectivity index (χ0) is 20.3. The summed E-state index contributed by atoms with van der Waals surface area (Å²) in [7, 11) is -3.95. The second-order valence-corrected chi connectivity index (χ2v) is 9.07. The molecule has 0 aliphatic heterocycles. The third-order valence-electron chi connectivity index (χ3n) is 3.96. The van der Waals surface area contributed by atoms with Crippen LogP contribution < -0.4 is 4.18 Å². The van der Waals surface area contributed by atoms with Crippen LogP contribution in [0.25, 0.3) is 0 Å². The van der Waals surface area contributed by atoms with Gasteiger partial charge in [-0.05, 0) is 89.4 Å². The molecule has 0 spiro atoms. The Morgan fingerprint density at radius 2 is 1.71 bits per heavy atom. The van der Waals surface area contributed by atoms with Crippen LogP contribution in [-0.4, -0.2) is 14.6 Å². The molecule has 0 saturated carbocycles. The van der Waals surface area contributed by atoms with Gasteiger partial charge in [0.1, 0.15) is 4.90 Å². The van der Waals surface area contributed by atoms with Crippen LogP contribution in [0.1, 0.15) is 16.7 Å². The van der Waals surface area contributed by atoms with E-state index in [9.17, 15) is 8.42 Å². The van der Waals surface area contributed by atoms with Crippen LogP contribution in [0, 0.1) is 13.8 Å². The minimum absolute atomic E-state index is 0.0317. The van der Waals surface area contributed by atoms with Gasteiger partial charge in [-0.25, -0.2) is 0 Å². The van der Waals surface area contributed by atoms with Gasteiger partial charge in [0.25, 0.3) is 0 Å². The van der Waals surface area contributed by atoms with Gasteiger partial charge in [0, 0.05) is 11.2 Å². The molecule has 0 radical (unpaired) electrons. The molecular weight excluding hydrogens is 462 g/mol. The Hall–Kier alpha value is -2.15. The summed E-state index contributed by atoms with van der Waals surface area (Å²) in [6, 6.07) is 16.9. The summed E-state index contributed by atoms with van der Waals surface area (Å²) < 4.78 is 30.6. The molecule has 0 aromatic heterocycles. The number of halogens is 2. The lowest BCUT2D eigenvalue weighted by atomic mass is 10.1. The molecule has 0 amide bonds. The number of nitrogens with zero attached hydrogens (tertiary/aromatic N) is 1. The van der Waals surface area contributed by atoms with Gasteiger partial charge in [0.2, 0.25) is 0 Å². The van der Waals surface area contributed by atoms with Crippen LogP contribution in [0.3, 0.4) is 0 Å². The van der Waals surface area contributed by atoms with Crippen molar-refractivity contribution in [3.8, 4) is 5.75 Å². The molecule has 0 atom stereocenters. The van der Waals surface area contributed by atoms with Gasteiger partial charge in [-0.1, -0.05) is 29.3 Å². The predicted molar refractivity (Wildman–Crippen MR) is 117 cm³/mol. The largest absolute Gasteiger partial charge is 0.378 e. The van der Waals surface area contributed by atoms with Crippen LogP contribution in [0.2, 0.25) is 5.02 Å². The van der Waals surface area contributed by atoms with Crippen molar-refractivity contribution in [2.24, 2.45) is 4.99 Å². The van der Waals surface area contributed by atoms with E-state index in [-0.39, 0.29) is 10.6 Å². The molecule has 7 heteroatoms. The van der Waals surface area contributed by atoms with E-state index in [0.717, 1.165) is 16.8 Å². The molecule has 144 valence electrons. The Morgan fingerprint density at radius 3 is 2.36 bits per heavy atom. The van der Waals surface area contributed by atoms with E-state index in [0.29, 0.717) is 9.50 Å². The molecule has 0 unspecified atom stereocenters. The highest BCUT2D eigenvalue weighted by Gasteiger charge is 2.18. The molecular formula is C21H17BrClNO3S. The molecule has 0 heterocycles. The molecule has 3 aromatic carbocycles. The van der Waals surface area contributed by atoms with Crippen LogP contribution in [0.5, 0.6) is 5.75 Å². The Labute approximate surface area is 178 Å². The van der Waals surface area contributed by atoms with E-state index in [1.807, 2.05) is 26.0 Å². The SMILES string of the molecule is Cc1ccc(N=Cc2ccc(OS(=O)(=O)c3ccc(Cl)cc3)c(Br)c2)c(C)c1. The minimum atomic E-state index is -3.95. The number of aliphatic imine (C=N–C) groups is 1. The summed E-state index contributed by atoms with van der Waals surface area (Å²) in [4.78, 5) is 4.53. The van der Waals surface area contributed by atoms with Crippen molar-refractivity contribution < 1.29 is 12.6 Å². The first-order valence-electron chi connectivity index (χ1n) is 8.35. The summed E-state index contributed by atoms with van der Waals surface area (Å²) in [6.07, 6.45) is 1.72. The number of aryl methyl sites for hydroxylation is 2. The van der Waals surface area contributed by atoms with Crippen molar-refractivity contribution in [2.75, 3.05) is 0 Å². The first-order valence-corrected chi connectivity index (χ1v) is 10.9. The topological polar surface area (TPSA) is 55.7 Å².